The number of aliphatic imine (C=N–C) groups is 1. The number of likely N-dealkylation sites (tertiary alicyclic amines) is 1. The number of rotatable bonds is 7. The van der Waals surface area contributed by atoms with E-state index in [1.54, 1.807) is 0 Å². The molecule has 11 heteroatoms. The maximum absolute atomic E-state index is 12.6. The van der Waals surface area contributed by atoms with E-state index in [0.717, 1.165) is 12.1 Å². The molecular formula is C20H29F3IN3O4. The summed E-state index contributed by atoms with van der Waals surface area (Å²) in [6.45, 7) is 5.52. The second-order valence-electron chi connectivity index (χ2n) is 7.19. The summed E-state index contributed by atoms with van der Waals surface area (Å²) in [5.74, 6) is 0.406. The standard InChI is InChI=1S/C20H28F3N3O4.HI/c1-4-24-19(26-10-13(2)17(11-26)18(28)29-3)25-9-15(27)12-30-16-7-5-14(6-8-16)20(21,22)23;/h5-8,13,15,17,27H,4,9-12H2,1-3H3,(H,24,25);1H. The van der Waals surface area contributed by atoms with Gasteiger partial charge in [0.05, 0.1) is 25.1 Å². The van der Waals surface area contributed by atoms with Crippen molar-refractivity contribution in [1.82, 2.24) is 10.2 Å². The second-order valence-corrected chi connectivity index (χ2v) is 7.19. The first-order valence-electron chi connectivity index (χ1n) is 9.74. The maximum Gasteiger partial charge on any atom is 0.416 e. The Hall–Kier alpha value is -1.76. The van der Waals surface area contributed by atoms with Crippen LogP contribution in [0.5, 0.6) is 5.75 Å². The van der Waals surface area contributed by atoms with Crippen LogP contribution in [0.2, 0.25) is 0 Å². The molecule has 0 aromatic heterocycles. The van der Waals surface area contributed by atoms with Crippen LogP contribution in [0.1, 0.15) is 19.4 Å². The van der Waals surface area contributed by atoms with E-state index in [1.165, 1.54) is 19.2 Å². The molecule has 176 valence electrons. The average molecular weight is 559 g/mol. The zero-order valence-electron chi connectivity index (χ0n) is 17.7. The zero-order valence-corrected chi connectivity index (χ0v) is 20.0. The Morgan fingerprint density at radius 2 is 1.97 bits per heavy atom. The van der Waals surface area contributed by atoms with Crippen LogP contribution in [0, 0.1) is 11.8 Å². The number of aliphatic hydroxyl groups is 1. The van der Waals surface area contributed by atoms with Crippen LogP contribution >= 0.6 is 24.0 Å². The lowest BCUT2D eigenvalue weighted by atomic mass is 9.99. The molecule has 3 atom stereocenters. The van der Waals surface area contributed by atoms with Gasteiger partial charge in [-0.05, 0) is 37.1 Å². The number of methoxy groups -OCH3 is 1. The van der Waals surface area contributed by atoms with Gasteiger partial charge in [-0.15, -0.1) is 24.0 Å². The molecule has 2 N–H and O–H groups in total. The van der Waals surface area contributed by atoms with Crippen molar-refractivity contribution in [2.75, 3.05) is 39.9 Å². The number of esters is 1. The minimum Gasteiger partial charge on any atom is -0.491 e. The van der Waals surface area contributed by atoms with Gasteiger partial charge in [0.2, 0.25) is 0 Å². The molecule has 7 nitrogen and oxygen atoms in total. The highest BCUT2D eigenvalue weighted by molar-refractivity contribution is 14.0. The first-order chi connectivity index (χ1) is 14.2. The zero-order chi connectivity index (χ0) is 22.3. The fourth-order valence-corrected chi connectivity index (χ4v) is 3.20. The van der Waals surface area contributed by atoms with Crippen molar-refractivity contribution >= 4 is 35.9 Å². The second kappa shape index (κ2) is 12.3. The molecule has 0 amide bonds. The van der Waals surface area contributed by atoms with Crippen LogP contribution in [0.4, 0.5) is 13.2 Å². The minimum absolute atomic E-state index is 0. The molecule has 31 heavy (non-hydrogen) atoms. The Morgan fingerprint density at radius 1 is 1.32 bits per heavy atom. The molecule has 0 spiro atoms. The van der Waals surface area contributed by atoms with Crippen molar-refractivity contribution in [3.8, 4) is 5.75 Å². The summed E-state index contributed by atoms with van der Waals surface area (Å²) in [6.07, 6.45) is -5.35. The number of benzene rings is 1. The molecule has 1 aromatic carbocycles. The topological polar surface area (TPSA) is 83.4 Å². The van der Waals surface area contributed by atoms with Gasteiger partial charge in [-0.3, -0.25) is 9.79 Å². The first kappa shape index (κ1) is 27.3. The van der Waals surface area contributed by atoms with Gasteiger partial charge >= 0.3 is 12.1 Å². The van der Waals surface area contributed by atoms with E-state index in [0.29, 0.717) is 25.6 Å². The fraction of sp³-hybridized carbons (Fsp3) is 0.600. The number of nitrogens with one attached hydrogen (secondary N) is 1. The van der Waals surface area contributed by atoms with Crippen LogP contribution in [0.15, 0.2) is 29.3 Å². The number of nitrogens with zero attached hydrogens (tertiary/aromatic N) is 2. The highest BCUT2D eigenvalue weighted by Crippen LogP contribution is 2.30. The van der Waals surface area contributed by atoms with E-state index in [2.05, 4.69) is 10.3 Å². The van der Waals surface area contributed by atoms with Crippen LogP contribution < -0.4 is 10.1 Å². The van der Waals surface area contributed by atoms with Crippen LogP contribution in [0.3, 0.4) is 0 Å². The Morgan fingerprint density at radius 3 is 2.52 bits per heavy atom. The summed E-state index contributed by atoms with van der Waals surface area (Å²) >= 11 is 0. The quantitative estimate of drug-likeness (QED) is 0.232. The fourth-order valence-electron chi connectivity index (χ4n) is 3.20. The van der Waals surface area contributed by atoms with Gasteiger partial charge in [0.1, 0.15) is 18.5 Å². The molecule has 3 unspecified atom stereocenters. The van der Waals surface area contributed by atoms with Gasteiger partial charge < -0.3 is 24.8 Å². The number of hydrogen-bond donors (Lipinski definition) is 2. The molecule has 0 saturated carbocycles. The number of aliphatic hydroxyl groups excluding tert-OH is 1. The average Bonchev–Trinajstić information content (AvgIpc) is 3.10. The van der Waals surface area contributed by atoms with Gasteiger partial charge in [-0.1, -0.05) is 6.92 Å². The molecule has 1 fully saturated rings. The molecule has 1 aliphatic heterocycles. The van der Waals surface area contributed by atoms with E-state index in [1.807, 2.05) is 18.7 Å². The van der Waals surface area contributed by atoms with E-state index >= 15 is 0 Å². The van der Waals surface area contributed by atoms with Crippen LogP contribution in [-0.2, 0) is 15.7 Å². The molecule has 1 aromatic rings. The number of alkyl halides is 3. The molecular weight excluding hydrogens is 530 g/mol. The molecule has 1 saturated heterocycles. The summed E-state index contributed by atoms with van der Waals surface area (Å²) in [6, 6.07) is 4.27. The third kappa shape index (κ3) is 8.02. The van der Waals surface area contributed by atoms with Crippen LogP contribution in [-0.4, -0.2) is 67.9 Å². The normalized spacial score (nSPS) is 20.1. The largest absolute Gasteiger partial charge is 0.491 e. The summed E-state index contributed by atoms with van der Waals surface area (Å²) in [5.41, 5.74) is -0.764. The van der Waals surface area contributed by atoms with E-state index in [4.69, 9.17) is 9.47 Å². The Kier molecular flexibility index (Phi) is 10.8. The molecule has 1 heterocycles. The Bertz CT molecular complexity index is 731. The van der Waals surface area contributed by atoms with Gasteiger partial charge in [0, 0.05) is 19.6 Å². The number of hydrogen-bond acceptors (Lipinski definition) is 5. The summed E-state index contributed by atoms with van der Waals surface area (Å²) < 4.78 is 47.9. The lowest BCUT2D eigenvalue weighted by molar-refractivity contribution is -0.146. The molecule has 1 aliphatic rings. The predicted molar refractivity (Wildman–Crippen MR) is 121 cm³/mol. The molecule has 0 bridgehead atoms. The van der Waals surface area contributed by atoms with Crippen molar-refractivity contribution in [3.05, 3.63) is 29.8 Å². The monoisotopic (exact) mass is 559 g/mol. The maximum atomic E-state index is 12.6. The van der Waals surface area contributed by atoms with Crippen LogP contribution in [0.25, 0.3) is 0 Å². The van der Waals surface area contributed by atoms with Crippen molar-refractivity contribution in [3.63, 3.8) is 0 Å². The van der Waals surface area contributed by atoms with Crippen molar-refractivity contribution in [1.29, 1.82) is 0 Å². The van der Waals surface area contributed by atoms with Gasteiger partial charge in [-0.25, -0.2) is 0 Å². The lowest BCUT2D eigenvalue weighted by Gasteiger charge is -2.22. The minimum atomic E-state index is -4.41. The smallest absolute Gasteiger partial charge is 0.416 e. The lowest BCUT2D eigenvalue weighted by Crippen LogP contribution is -2.41. The number of halogens is 4. The van der Waals surface area contributed by atoms with Gasteiger partial charge in [0.25, 0.3) is 0 Å². The van der Waals surface area contributed by atoms with E-state index < -0.39 is 17.8 Å². The Balaban J connectivity index is 0.00000480. The number of carbonyl (C=O) groups excluding carboxylic acids is 1. The molecule has 0 radical (unpaired) electrons. The first-order valence-corrected chi connectivity index (χ1v) is 9.74. The molecule has 0 aliphatic carbocycles. The van der Waals surface area contributed by atoms with Gasteiger partial charge in [-0.2, -0.15) is 13.2 Å². The highest BCUT2D eigenvalue weighted by atomic mass is 127. The molecule has 2 rings (SSSR count). The number of carbonyl (C=O) groups is 1. The number of guanidine groups is 1. The van der Waals surface area contributed by atoms with Crippen molar-refractivity contribution in [2.24, 2.45) is 16.8 Å². The van der Waals surface area contributed by atoms with Gasteiger partial charge in [0.15, 0.2) is 5.96 Å². The van der Waals surface area contributed by atoms with E-state index in [-0.39, 0.29) is 60.7 Å². The summed E-state index contributed by atoms with van der Waals surface area (Å²) in [7, 11) is 1.37. The third-order valence-corrected chi connectivity index (χ3v) is 4.83. The third-order valence-electron chi connectivity index (χ3n) is 4.83. The number of ether oxygens (including phenoxy) is 2. The van der Waals surface area contributed by atoms with Crippen molar-refractivity contribution < 1.29 is 32.5 Å². The summed E-state index contributed by atoms with van der Waals surface area (Å²) in [5, 5.41) is 13.3. The highest BCUT2D eigenvalue weighted by Gasteiger charge is 2.37. The predicted octanol–water partition coefficient (Wildman–Crippen LogP) is 2.77. The summed E-state index contributed by atoms with van der Waals surface area (Å²) in [4.78, 5) is 18.2. The Labute approximate surface area is 197 Å². The SMILES string of the molecule is CCNC(=NCC(O)COc1ccc(C(F)(F)F)cc1)N1CC(C)C(C(=O)OC)C1.I. The van der Waals surface area contributed by atoms with E-state index in [9.17, 15) is 23.1 Å². The van der Waals surface area contributed by atoms with Crippen molar-refractivity contribution in [2.45, 2.75) is 26.1 Å².